The zero-order chi connectivity index (χ0) is 10.8. The third kappa shape index (κ3) is 1.99. The number of carboxylic acids is 1. The molecule has 2 N–H and O–H groups in total. The number of hydrogen-bond donors (Lipinski definition) is 2. The van der Waals surface area contributed by atoms with E-state index in [0.29, 0.717) is 31.6 Å². The van der Waals surface area contributed by atoms with Crippen LogP contribution in [0.1, 0.15) is 18.1 Å². The van der Waals surface area contributed by atoms with Gasteiger partial charge in [0.25, 0.3) is 0 Å². The molecule has 0 saturated heterocycles. The predicted molar refractivity (Wildman–Crippen MR) is 50.3 cm³/mol. The molecule has 0 amide bonds. The molecule has 1 unspecified atom stereocenters. The van der Waals surface area contributed by atoms with Crippen molar-refractivity contribution < 1.29 is 15.0 Å². The number of aliphatic hydroxyl groups is 1. The van der Waals surface area contributed by atoms with Gasteiger partial charge in [0, 0.05) is 19.4 Å². The standard InChI is InChI=1S/C9H13N3O3/c13-4-2-7-10-8-5-6(9(14)15)1-3-12(8)11-7/h6,13H,1-5H2,(H,14,15). The molecule has 15 heavy (non-hydrogen) atoms. The van der Waals surface area contributed by atoms with E-state index in [9.17, 15) is 4.79 Å². The van der Waals surface area contributed by atoms with Gasteiger partial charge in [-0.05, 0) is 6.42 Å². The average Bonchev–Trinajstić information content (AvgIpc) is 2.59. The van der Waals surface area contributed by atoms with Gasteiger partial charge in [-0.2, -0.15) is 5.10 Å². The molecule has 6 heteroatoms. The first-order valence-electron chi connectivity index (χ1n) is 4.97. The molecule has 82 valence electrons. The number of hydrogen-bond acceptors (Lipinski definition) is 4. The lowest BCUT2D eigenvalue weighted by Crippen LogP contribution is -2.26. The second kappa shape index (κ2) is 3.98. The van der Waals surface area contributed by atoms with Gasteiger partial charge in [0.05, 0.1) is 12.5 Å². The third-order valence-electron chi connectivity index (χ3n) is 2.60. The number of aliphatic hydroxyl groups excluding tert-OH is 1. The maximum absolute atomic E-state index is 10.8. The highest BCUT2D eigenvalue weighted by atomic mass is 16.4. The summed E-state index contributed by atoms with van der Waals surface area (Å²) in [4.78, 5) is 15.0. The molecule has 2 heterocycles. The molecular formula is C9H13N3O3. The molecule has 1 aliphatic rings. The van der Waals surface area contributed by atoms with Crippen molar-refractivity contribution in [1.29, 1.82) is 0 Å². The lowest BCUT2D eigenvalue weighted by Gasteiger charge is -2.17. The summed E-state index contributed by atoms with van der Waals surface area (Å²) in [5.74, 6) is 0.201. The van der Waals surface area contributed by atoms with Gasteiger partial charge in [0.2, 0.25) is 0 Å². The number of aromatic nitrogens is 3. The highest BCUT2D eigenvalue weighted by Gasteiger charge is 2.26. The molecule has 6 nitrogen and oxygen atoms in total. The summed E-state index contributed by atoms with van der Waals surface area (Å²) in [5, 5.41) is 21.8. The van der Waals surface area contributed by atoms with E-state index in [-0.39, 0.29) is 12.5 Å². The Morgan fingerprint density at radius 1 is 1.60 bits per heavy atom. The van der Waals surface area contributed by atoms with Crippen LogP contribution in [-0.4, -0.2) is 37.6 Å². The van der Waals surface area contributed by atoms with Crippen molar-refractivity contribution in [3.63, 3.8) is 0 Å². The second-order valence-corrected chi connectivity index (χ2v) is 3.67. The van der Waals surface area contributed by atoms with Crippen molar-refractivity contribution in [2.45, 2.75) is 25.8 Å². The van der Waals surface area contributed by atoms with Crippen LogP contribution >= 0.6 is 0 Å². The first-order valence-corrected chi connectivity index (χ1v) is 4.97. The maximum Gasteiger partial charge on any atom is 0.307 e. The summed E-state index contributed by atoms with van der Waals surface area (Å²) in [7, 11) is 0. The highest BCUT2D eigenvalue weighted by molar-refractivity contribution is 5.70. The van der Waals surface area contributed by atoms with E-state index < -0.39 is 5.97 Å². The van der Waals surface area contributed by atoms with Gasteiger partial charge >= 0.3 is 5.97 Å². The van der Waals surface area contributed by atoms with Crippen LogP contribution in [0.3, 0.4) is 0 Å². The molecule has 1 atom stereocenters. The van der Waals surface area contributed by atoms with Crippen molar-refractivity contribution in [3.05, 3.63) is 11.6 Å². The molecule has 0 aromatic carbocycles. The molecule has 0 fully saturated rings. The highest BCUT2D eigenvalue weighted by Crippen LogP contribution is 2.18. The van der Waals surface area contributed by atoms with E-state index in [1.807, 2.05) is 0 Å². The Balaban J connectivity index is 2.15. The first kappa shape index (κ1) is 10.1. The summed E-state index contributed by atoms with van der Waals surface area (Å²) in [5.41, 5.74) is 0. The summed E-state index contributed by atoms with van der Waals surface area (Å²) >= 11 is 0. The Bertz CT molecular complexity index is 375. The van der Waals surface area contributed by atoms with Crippen molar-refractivity contribution in [2.75, 3.05) is 6.61 Å². The first-order chi connectivity index (χ1) is 7.20. The van der Waals surface area contributed by atoms with Gasteiger partial charge in [-0.1, -0.05) is 0 Å². The Morgan fingerprint density at radius 3 is 3.07 bits per heavy atom. The molecule has 0 aliphatic carbocycles. The fourth-order valence-electron chi connectivity index (χ4n) is 1.77. The van der Waals surface area contributed by atoms with Gasteiger partial charge in [-0.25, -0.2) is 9.67 Å². The minimum absolute atomic E-state index is 0.0197. The van der Waals surface area contributed by atoms with Crippen LogP contribution in [0.2, 0.25) is 0 Å². The van der Waals surface area contributed by atoms with Crippen molar-refractivity contribution >= 4 is 5.97 Å². The van der Waals surface area contributed by atoms with Crippen LogP contribution in [0.4, 0.5) is 0 Å². The average molecular weight is 211 g/mol. The molecule has 0 saturated carbocycles. The third-order valence-corrected chi connectivity index (χ3v) is 2.60. The summed E-state index contributed by atoms with van der Waals surface area (Å²) < 4.78 is 1.74. The van der Waals surface area contributed by atoms with Gasteiger partial charge in [0.1, 0.15) is 5.82 Å². The summed E-state index contributed by atoms with van der Waals surface area (Å²) in [6.45, 7) is 0.622. The quantitative estimate of drug-likeness (QED) is 0.701. The van der Waals surface area contributed by atoms with Crippen LogP contribution in [0.15, 0.2) is 0 Å². The zero-order valence-electron chi connectivity index (χ0n) is 8.26. The second-order valence-electron chi connectivity index (χ2n) is 3.67. The Morgan fingerprint density at radius 2 is 2.40 bits per heavy atom. The number of aryl methyl sites for hydroxylation is 1. The fraction of sp³-hybridized carbons (Fsp3) is 0.667. The Labute approximate surface area is 86.6 Å². The number of nitrogens with zero attached hydrogens (tertiary/aromatic N) is 3. The fourth-order valence-corrected chi connectivity index (χ4v) is 1.77. The number of carbonyl (C=O) groups is 1. The van der Waals surface area contributed by atoms with Crippen molar-refractivity contribution in [3.8, 4) is 0 Å². The van der Waals surface area contributed by atoms with Gasteiger partial charge in [0.15, 0.2) is 5.82 Å². The predicted octanol–water partition coefficient (Wildman–Crippen LogP) is -0.540. The van der Waals surface area contributed by atoms with E-state index in [1.54, 1.807) is 4.68 Å². The molecule has 1 aromatic heterocycles. The van der Waals surface area contributed by atoms with Gasteiger partial charge in [-0.15, -0.1) is 0 Å². The summed E-state index contributed by atoms with van der Waals surface area (Å²) in [6, 6.07) is 0. The number of aliphatic carboxylic acids is 1. The van der Waals surface area contributed by atoms with Crippen LogP contribution in [0, 0.1) is 5.92 Å². The lowest BCUT2D eigenvalue weighted by molar-refractivity contribution is -0.142. The molecule has 1 aliphatic heterocycles. The van der Waals surface area contributed by atoms with E-state index in [0.717, 1.165) is 5.82 Å². The summed E-state index contributed by atoms with van der Waals surface area (Å²) in [6.07, 6.45) is 1.47. The maximum atomic E-state index is 10.8. The van der Waals surface area contributed by atoms with Gasteiger partial charge < -0.3 is 10.2 Å². The minimum Gasteiger partial charge on any atom is -0.481 e. The number of rotatable bonds is 3. The normalized spacial score (nSPS) is 19.9. The molecule has 0 radical (unpaired) electrons. The smallest absolute Gasteiger partial charge is 0.307 e. The number of fused-ring (bicyclic) bond motifs is 1. The van der Waals surface area contributed by atoms with E-state index in [1.165, 1.54) is 0 Å². The van der Waals surface area contributed by atoms with Crippen molar-refractivity contribution in [2.24, 2.45) is 5.92 Å². The van der Waals surface area contributed by atoms with Crippen LogP contribution < -0.4 is 0 Å². The van der Waals surface area contributed by atoms with Crippen LogP contribution in [0.5, 0.6) is 0 Å². The van der Waals surface area contributed by atoms with Crippen molar-refractivity contribution in [1.82, 2.24) is 14.8 Å². The molecule has 1 aromatic rings. The largest absolute Gasteiger partial charge is 0.481 e. The minimum atomic E-state index is -0.770. The zero-order valence-corrected chi connectivity index (χ0v) is 8.26. The Hall–Kier alpha value is -1.43. The molecular weight excluding hydrogens is 198 g/mol. The van der Waals surface area contributed by atoms with E-state index >= 15 is 0 Å². The SMILES string of the molecule is O=C(O)C1CCn2nc(CCO)nc2C1. The molecule has 2 rings (SSSR count). The lowest BCUT2D eigenvalue weighted by atomic mass is 9.98. The van der Waals surface area contributed by atoms with Crippen LogP contribution in [0.25, 0.3) is 0 Å². The molecule has 0 spiro atoms. The Kier molecular flexibility index (Phi) is 2.68. The van der Waals surface area contributed by atoms with Gasteiger partial charge in [-0.3, -0.25) is 4.79 Å². The van der Waals surface area contributed by atoms with Crippen LogP contribution in [-0.2, 0) is 24.2 Å². The number of carboxylic acid groups (broad SMARTS) is 1. The molecule has 0 bridgehead atoms. The van der Waals surface area contributed by atoms with E-state index in [2.05, 4.69) is 10.1 Å². The monoisotopic (exact) mass is 211 g/mol. The topological polar surface area (TPSA) is 88.2 Å². The van der Waals surface area contributed by atoms with E-state index in [4.69, 9.17) is 10.2 Å².